The highest BCUT2D eigenvalue weighted by Gasteiger charge is 2.33. The van der Waals surface area contributed by atoms with Crippen LogP contribution in [0.5, 0.6) is 0 Å². The van der Waals surface area contributed by atoms with E-state index in [1.807, 2.05) is 30.3 Å². The molecule has 4 rings (SSSR count). The van der Waals surface area contributed by atoms with Gasteiger partial charge in [0, 0.05) is 32.0 Å². The predicted octanol–water partition coefficient (Wildman–Crippen LogP) is 9.98. The molecule has 1 aliphatic rings. The Labute approximate surface area is 325 Å². The number of ether oxygens (including phenoxy) is 3. The van der Waals surface area contributed by atoms with Crippen molar-refractivity contribution in [3.63, 3.8) is 0 Å². The van der Waals surface area contributed by atoms with Crippen LogP contribution in [0.3, 0.4) is 0 Å². The first-order chi connectivity index (χ1) is 26.3. The molecule has 0 unspecified atom stereocenters. The summed E-state index contributed by atoms with van der Waals surface area (Å²) in [5.74, 6) is -0.821. The summed E-state index contributed by atoms with van der Waals surface area (Å²) in [5.41, 5.74) is 5.92. The van der Waals surface area contributed by atoms with Crippen molar-refractivity contribution in [1.29, 1.82) is 0 Å². The summed E-state index contributed by atoms with van der Waals surface area (Å²) < 4.78 is 18.6. The summed E-state index contributed by atoms with van der Waals surface area (Å²) in [6.07, 6.45) is 14.7. The van der Waals surface area contributed by atoms with E-state index in [2.05, 4.69) is 66.5 Å². The standard InChI is InChI=1S/C46H66N2O6/c1-5-7-9-11-13-15-27-48(28-16-14-12-10-8-6-2)33-43-31-44(39-25-23-37(34-49)24-26-39)54-46(53-43)42-22-18-21-41(30-42)40-20-17-19-38(29-40)32-47-45(51)35(3)52-36(4)50/h17-26,29-30,35,43-44,46,49H,5-16,27-28,31-34H2,1-4H3,(H,47,51)/t35-,43-,44+,46+/m0/s1. The first kappa shape index (κ1) is 43.2. The van der Waals surface area contributed by atoms with Crippen LogP contribution in [0, 0.1) is 0 Å². The first-order valence-electron chi connectivity index (χ1n) is 20.7. The van der Waals surface area contributed by atoms with Gasteiger partial charge in [-0.2, -0.15) is 0 Å². The maximum Gasteiger partial charge on any atom is 0.303 e. The van der Waals surface area contributed by atoms with E-state index in [9.17, 15) is 14.7 Å². The second-order valence-corrected chi connectivity index (χ2v) is 15.0. The van der Waals surface area contributed by atoms with Crippen molar-refractivity contribution in [3.05, 3.63) is 95.1 Å². The number of nitrogens with one attached hydrogen (secondary N) is 1. The zero-order valence-electron chi connectivity index (χ0n) is 33.4. The molecule has 296 valence electrons. The van der Waals surface area contributed by atoms with Crippen LogP contribution in [-0.2, 0) is 37.0 Å². The zero-order valence-corrected chi connectivity index (χ0v) is 33.4. The minimum absolute atomic E-state index is 0.00332. The number of unbranched alkanes of at least 4 members (excludes halogenated alkanes) is 10. The van der Waals surface area contributed by atoms with E-state index < -0.39 is 18.4 Å². The van der Waals surface area contributed by atoms with Crippen LogP contribution in [-0.4, -0.2) is 53.7 Å². The number of nitrogens with zero attached hydrogens (tertiary/aromatic N) is 1. The van der Waals surface area contributed by atoms with E-state index in [0.717, 1.165) is 59.4 Å². The molecule has 1 heterocycles. The maximum atomic E-state index is 12.5. The number of carbonyl (C=O) groups excluding carboxylic acids is 2. The van der Waals surface area contributed by atoms with Gasteiger partial charge in [0.05, 0.1) is 18.8 Å². The minimum Gasteiger partial charge on any atom is -0.453 e. The lowest BCUT2D eigenvalue weighted by Crippen LogP contribution is -2.40. The molecule has 8 nitrogen and oxygen atoms in total. The number of carbonyl (C=O) groups is 2. The van der Waals surface area contributed by atoms with Gasteiger partial charge in [-0.15, -0.1) is 0 Å². The molecule has 1 aliphatic heterocycles. The van der Waals surface area contributed by atoms with Crippen LogP contribution >= 0.6 is 0 Å². The van der Waals surface area contributed by atoms with Gasteiger partial charge in [-0.3, -0.25) is 9.59 Å². The number of esters is 1. The van der Waals surface area contributed by atoms with Crippen LogP contribution < -0.4 is 5.32 Å². The zero-order chi connectivity index (χ0) is 38.5. The van der Waals surface area contributed by atoms with Crippen molar-refractivity contribution in [3.8, 4) is 11.1 Å². The van der Waals surface area contributed by atoms with Crippen LogP contribution in [0.15, 0.2) is 72.8 Å². The first-order valence-corrected chi connectivity index (χ1v) is 20.7. The van der Waals surface area contributed by atoms with E-state index in [1.54, 1.807) is 6.92 Å². The number of amides is 1. The van der Waals surface area contributed by atoms with Gasteiger partial charge >= 0.3 is 5.97 Å². The molecular weight excluding hydrogens is 677 g/mol. The average molecular weight is 743 g/mol. The van der Waals surface area contributed by atoms with Gasteiger partial charge in [-0.25, -0.2) is 0 Å². The normalized spacial score (nSPS) is 17.7. The van der Waals surface area contributed by atoms with Gasteiger partial charge < -0.3 is 29.5 Å². The summed E-state index contributed by atoms with van der Waals surface area (Å²) in [7, 11) is 0. The third kappa shape index (κ3) is 14.9. The molecule has 8 heteroatoms. The highest BCUT2D eigenvalue weighted by atomic mass is 16.7. The molecule has 0 aromatic heterocycles. The number of hydrogen-bond acceptors (Lipinski definition) is 7. The van der Waals surface area contributed by atoms with Gasteiger partial charge in [-0.1, -0.05) is 139 Å². The lowest BCUT2D eigenvalue weighted by atomic mass is 9.98. The SMILES string of the molecule is CCCCCCCCN(CCCCCCCC)C[C@@H]1C[C@H](c2ccc(CO)cc2)O[C@H](c2cccc(-c3cccc(CNC(=O)[C@H](C)OC(C)=O)c3)c2)O1. The fraction of sp³-hybridized carbons (Fsp3) is 0.565. The number of rotatable bonds is 24. The van der Waals surface area contributed by atoms with Gasteiger partial charge in [0.2, 0.25) is 0 Å². The Balaban J connectivity index is 1.50. The van der Waals surface area contributed by atoms with Crippen LogP contribution in [0.2, 0.25) is 0 Å². The molecule has 3 aromatic rings. The van der Waals surface area contributed by atoms with E-state index in [4.69, 9.17) is 14.2 Å². The monoisotopic (exact) mass is 742 g/mol. The molecule has 2 N–H and O–H groups in total. The van der Waals surface area contributed by atoms with Crippen LogP contribution in [0.4, 0.5) is 0 Å². The van der Waals surface area contributed by atoms with E-state index in [1.165, 1.54) is 84.0 Å². The van der Waals surface area contributed by atoms with Crippen molar-refractivity contribution >= 4 is 11.9 Å². The molecule has 0 radical (unpaired) electrons. The summed E-state index contributed by atoms with van der Waals surface area (Å²) in [6, 6.07) is 24.5. The van der Waals surface area contributed by atoms with Gasteiger partial charge in [0.15, 0.2) is 12.4 Å². The molecule has 1 saturated heterocycles. The number of aliphatic hydroxyl groups excluding tert-OH is 1. The smallest absolute Gasteiger partial charge is 0.303 e. The molecule has 3 aromatic carbocycles. The van der Waals surface area contributed by atoms with Crippen molar-refractivity contribution in [2.24, 2.45) is 0 Å². The molecule has 54 heavy (non-hydrogen) atoms. The highest BCUT2D eigenvalue weighted by Crippen LogP contribution is 2.39. The Morgan fingerprint density at radius 1 is 0.778 bits per heavy atom. The number of benzene rings is 3. The molecule has 0 bridgehead atoms. The van der Waals surface area contributed by atoms with Gasteiger partial charge in [-0.05, 0) is 72.8 Å². The van der Waals surface area contributed by atoms with E-state index >= 15 is 0 Å². The van der Waals surface area contributed by atoms with Crippen LogP contribution in [0.25, 0.3) is 11.1 Å². The van der Waals surface area contributed by atoms with Crippen molar-refractivity contribution in [1.82, 2.24) is 10.2 Å². The number of aliphatic hydroxyl groups is 1. The minimum atomic E-state index is -0.851. The second kappa shape index (κ2) is 24.1. The summed E-state index contributed by atoms with van der Waals surface area (Å²) in [4.78, 5) is 26.4. The third-order valence-corrected chi connectivity index (χ3v) is 10.3. The predicted molar refractivity (Wildman–Crippen MR) is 217 cm³/mol. The van der Waals surface area contributed by atoms with Crippen molar-refractivity contribution in [2.75, 3.05) is 19.6 Å². The number of hydrogen-bond donors (Lipinski definition) is 2. The molecule has 4 atom stereocenters. The second-order valence-electron chi connectivity index (χ2n) is 15.0. The highest BCUT2D eigenvalue weighted by molar-refractivity contribution is 5.82. The Morgan fingerprint density at radius 3 is 2.02 bits per heavy atom. The Kier molecular flexibility index (Phi) is 19.2. The van der Waals surface area contributed by atoms with E-state index in [0.29, 0.717) is 6.54 Å². The summed E-state index contributed by atoms with van der Waals surface area (Å²) in [5, 5.41) is 12.6. The fourth-order valence-corrected chi connectivity index (χ4v) is 7.21. The lowest BCUT2D eigenvalue weighted by Gasteiger charge is -2.38. The van der Waals surface area contributed by atoms with E-state index in [-0.39, 0.29) is 24.7 Å². The summed E-state index contributed by atoms with van der Waals surface area (Å²) in [6.45, 7) is 10.8. The van der Waals surface area contributed by atoms with Crippen molar-refractivity contribution in [2.45, 2.75) is 149 Å². The topological polar surface area (TPSA) is 97.3 Å². The Morgan fingerprint density at radius 2 is 1.39 bits per heavy atom. The molecule has 0 aliphatic carbocycles. The summed E-state index contributed by atoms with van der Waals surface area (Å²) >= 11 is 0. The quantitative estimate of drug-likeness (QED) is 0.0697. The lowest BCUT2D eigenvalue weighted by molar-refractivity contribution is -0.253. The Hall–Kier alpha value is -3.56. The van der Waals surface area contributed by atoms with Crippen LogP contribution in [0.1, 0.15) is 146 Å². The fourth-order valence-electron chi connectivity index (χ4n) is 7.21. The van der Waals surface area contributed by atoms with Gasteiger partial charge in [0.25, 0.3) is 5.91 Å². The molecular formula is C46H66N2O6. The molecule has 0 saturated carbocycles. The average Bonchev–Trinajstić information content (AvgIpc) is 3.19. The van der Waals surface area contributed by atoms with Crippen molar-refractivity contribution < 1.29 is 28.9 Å². The molecule has 1 fully saturated rings. The molecule has 0 spiro atoms. The molecule has 1 amide bonds. The maximum absolute atomic E-state index is 12.5. The third-order valence-electron chi connectivity index (χ3n) is 10.3. The Bertz CT molecular complexity index is 1510. The largest absolute Gasteiger partial charge is 0.453 e. The van der Waals surface area contributed by atoms with Gasteiger partial charge in [0.1, 0.15) is 0 Å².